The van der Waals surface area contributed by atoms with Gasteiger partial charge in [0.1, 0.15) is 0 Å². The highest BCUT2D eigenvalue weighted by Gasteiger charge is 2.38. The van der Waals surface area contributed by atoms with Gasteiger partial charge in [-0.1, -0.05) is 43.0 Å². The van der Waals surface area contributed by atoms with Crippen molar-refractivity contribution in [2.24, 2.45) is 11.7 Å². The van der Waals surface area contributed by atoms with Crippen molar-refractivity contribution in [2.45, 2.75) is 55.2 Å². The average Bonchev–Trinajstić information content (AvgIpc) is 2.43. The molecule has 2 N–H and O–H groups in total. The molecular weight excluding hydrogens is 329 g/mol. The minimum atomic E-state index is -3.56. The third-order valence-corrected chi connectivity index (χ3v) is 7.21. The zero-order valence-electron chi connectivity index (χ0n) is 12.1. The molecular formula is C15H21Cl2NO2S. The third-order valence-electron chi connectivity index (χ3n) is 4.25. The van der Waals surface area contributed by atoms with E-state index in [1.807, 2.05) is 0 Å². The lowest BCUT2D eigenvalue weighted by Crippen LogP contribution is -2.45. The summed E-state index contributed by atoms with van der Waals surface area (Å²) in [6, 6.07) is 4.20. The van der Waals surface area contributed by atoms with Crippen LogP contribution < -0.4 is 5.73 Å². The Labute approximate surface area is 136 Å². The quantitative estimate of drug-likeness (QED) is 0.891. The van der Waals surface area contributed by atoms with E-state index in [1.165, 1.54) is 12.1 Å². The Morgan fingerprint density at radius 2 is 2.00 bits per heavy atom. The Morgan fingerprint density at radius 3 is 2.67 bits per heavy atom. The summed E-state index contributed by atoms with van der Waals surface area (Å²) in [7, 11) is -3.56. The molecule has 1 fully saturated rings. The second-order valence-corrected chi connectivity index (χ2v) is 8.77. The van der Waals surface area contributed by atoms with Gasteiger partial charge in [0.25, 0.3) is 0 Å². The standard InChI is InChI=1S/C15H21Cl2NO2S/c1-2-3-10-4-7-13(18)15(8-10)21(19,20)14-9-11(16)5-6-12(14)17/h5-6,9-10,13,15H,2-4,7-8,18H2,1H3. The van der Waals surface area contributed by atoms with E-state index < -0.39 is 15.1 Å². The van der Waals surface area contributed by atoms with Crippen molar-refractivity contribution >= 4 is 33.0 Å². The van der Waals surface area contributed by atoms with Crippen LogP contribution >= 0.6 is 23.2 Å². The highest BCUT2D eigenvalue weighted by Crippen LogP contribution is 2.36. The molecule has 3 nitrogen and oxygen atoms in total. The van der Waals surface area contributed by atoms with Gasteiger partial charge >= 0.3 is 0 Å². The Hall–Kier alpha value is -0.290. The fourth-order valence-corrected chi connectivity index (χ4v) is 5.88. The van der Waals surface area contributed by atoms with Crippen molar-refractivity contribution in [1.29, 1.82) is 0 Å². The summed E-state index contributed by atoms with van der Waals surface area (Å²) in [5.41, 5.74) is 6.09. The molecule has 1 aliphatic rings. The third kappa shape index (κ3) is 3.73. The van der Waals surface area contributed by atoms with Crippen LogP contribution in [0.3, 0.4) is 0 Å². The fraction of sp³-hybridized carbons (Fsp3) is 0.600. The molecule has 0 spiro atoms. The molecule has 3 unspecified atom stereocenters. The van der Waals surface area contributed by atoms with Gasteiger partial charge in [0.05, 0.1) is 15.2 Å². The van der Waals surface area contributed by atoms with Gasteiger partial charge in [-0.2, -0.15) is 0 Å². The highest BCUT2D eigenvalue weighted by atomic mass is 35.5. The first kappa shape index (κ1) is 17.1. The van der Waals surface area contributed by atoms with Gasteiger partial charge in [0.15, 0.2) is 9.84 Å². The predicted octanol–water partition coefficient (Wildman–Crippen LogP) is 4.06. The van der Waals surface area contributed by atoms with Gasteiger partial charge in [-0.05, 0) is 43.4 Å². The van der Waals surface area contributed by atoms with E-state index in [0.29, 0.717) is 17.4 Å². The van der Waals surface area contributed by atoms with Crippen LogP contribution in [0.25, 0.3) is 0 Å². The Morgan fingerprint density at radius 1 is 1.29 bits per heavy atom. The highest BCUT2D eigenvalue weighted by molar-refractivity contribution is 7.92. The van der Waals surface area contributed by atoms with E-state index in [4.69, 9.17) is 28.9 Å². The molecule has 1 aromatic rings. The van der Waals surface area contributed by atoms with E-state index in [1.54, 1.807) is 6.07 Å². The summed E-state index contributed by atoms with van der Waals surface area (Å²) in [6.07, 6.45) is 4.46. The maximum atomic E-state index is 12.9. The molecule has 21 heavy (non-hydrogen) atoms. The van der Waals surface area contributed by atoms with Crippen LogP contribution in [0.4, 0.5) is 0 Å². The topological polar surface area (TPSA) is 60.2 Å². The Balaban J connectivity index is 2.35. The first-order valence-electron chi connectivity index (χ1n) is 7.30. The van der Waals surface area contributed by atoms with Crippen molar-refractivity contribution in [1.82, 2.24) is 0 Å². The number of hydrogen-bond donors (Lipinski definition) is 1. The van der Waals surface area contributed by atoms with Crippen LogP contribution in [0.1, 0.15) is 39.0 Å². The lowest BCUT2D eigenvalue weighted by Gasteiger charge is -2.33. The van der Waals surface area contributed by atoms with E-state index in [9.17, 15) is 8.42 Å². The molecule has 0 heterocycles. The minimum absolute atomic E-state index is 0.106. The number of rotatable bonds is 4. The van der Waals surface area contributed by atoms with Gasteiger partial charge < -0.3 is 5.73 Å². The summed E-state index contributed by atoms with van der Waals surface area (Å²) in [5, 5.41) is 0.00967. The van der Waals surface area contributed by atoms with E-state index in [0.717, 1.165) is 25.7 Å². The SMILES string of the molecule is CCCC1CCC(N)C(S(=O)(=O)c2cc(Cl)ccc2Cl)C1. The fourth-order valence-electron chi connectivity index (χ4n) is 3.12. The van der Waals surface area contributed by atoms with Gasteiger partial charge in [-0.25, -0.2) is 8.42 Å². The first-order chi connectivity index (χ1) is 9.86. The van der Waals surface area contributed by atoms with Crippen LogP contribution in [0.2, 0.25) is 10.0 Å². The minimum Gasteiger partial charge on any atom is -0.327 e. The Kier molecular flexibility index (Phi) is 5.58. The molecule has 1 aliphatic carbocycles. The summed E-state index contributed by atoms with van der Waals surface area (Å²) < 4.78 is 25.8. The number of halogens is 2. The molecule has 0 saturated heterocycles. The monoisotopic (exact) mass is 349 g/mol. The molecule has 118 valence electrons. The molecule has 1 aromatic carbocycles. The lowest BCUT2D eigenvalue weighted by molar-refractivity contribution is 0.309. The zero-order chi connectivity index (χ0) is 15.6. The van der Waals surface area contributed by atoms with E-state index in [-0.39, 0.29) is 16.0 Å². The van der Waals surface area contributed by atoms with Crippen LogP contribution in [0, 0.1) is 5.92 Å². The van der Waals surface area contributed by atoms with Crippen LogP contribution in [-0.2, 0) is 9.84 Å². The molecule has 3 atom stereocenters. The summed E-state index contributed by atoms with van der Waals surface area (Å²) in [6.45, 7) is 2.12. The molecule has 0 aromatic heterocycles. The largest absolute Gasteiger partial charge is 0.327 e. The van der Waals surface area contributed by atoms with Crippen molar-refractivity contribution in [3.63, 3.8) is 0 Å². The van der Waals surface area contributed by atoms with E-state index in [2.05, 4.69) is 6.92 Å². The normalized spacial score (nSPS) is 26.8. The summed E-state index contributed by atoms with van der Waals surface area (Å²) >= 11 is 12.0. The molecule has 0 aliphatic heterocycles. The molecule has 2 rings (SSSR count). The van der Waals surface area contributed by atoms with Crippen LogP contribution in [0.5, 0.6) is 0 Å². The lowest BCUT2D eigenvalue weighted by atomic mass is 9.83. The molecule has 6 heteroatoms. The molecule has 0 amide bonds. The van der Waals surface area contributed by atoms with Crippen LogP contribution in [0.15, 0.2) is 23.1 Å². The zero-order valence-corrected chi connectivity index (χ0v) is 14.4. The van der Waals surface area contributed by atoms with Crippen molar-refractivity contribution in [2.75, 3.05) is 0 Å². The van der Waals surface area contributed by atoms with Crippen molar-refractivity contribution in [3.8, 4) is 0 Å². The number of benzene rings is 1. The van der Waals surface area contributed by atoms with Gasteiger partial charge in [-0.3, -0.25) is 0 Å². The number of sulfone groups is 1. The molecule has 0 radical (unpaired) electrons. The Bertz CT molecular complexity index is 604. The van der Waals surface area contributed by atoms with Gasteiger partial charge in [0, 0.05) is 11.1 Å². The second kappa shape index (κ2) is 6.86. The maximum absolute atomic E-state index is 12.9. The second-order valence-electron chi connectivity index (χ2n) is 5.79. The van der Waals surface area contributed by atoms with E-state index >= 15 is 0 Å². The predicted molar refractivity (Wildman–Crippen MR) is 87.7 cm³/mol. The van der Waals surface area contributed by atoms with Crippen molar-refractivity contribution in [3.05, 3.63) is 28.2 Å². The first-order valence-corrected chi connectivity index (χ1v) is 9.61. The number of hydrogen-bond acceptors (Lipinski definition) is 3. The van der Waals surface area contributed by atoms with Crippen molar-refractivity contribution < 1.29 is 8.42 Å². The maximum Gasteiger partial charge on any atom is 0.184 e. The molecule has 1 saturated carbocycles. The average molecular weight is 350 g/mol. The summed E-state index contributed by atoms with van der Waals surface area (Å²) in [4.78, 5) is 0.106. The smallest absolute Gasteiger partial charge is 0.184 e. The molecule has 0 bridgehead atoms. The van der Waals surface area contributed by atoms with Gasteiger partial charge in [-0.15, -0.1) is 0 Å². The van der Waals surface area contributed by atoms with Crippen LogP contribution in [-0.4, -0.2) is 19.7 Å². The van der Waals surface area contributed by atoms with Gasteiger partial charge in [0.2, 0.25) is 0 Å². The number of nitrogens with two attached hydrogens (primary N) is 1. The summed E-state index contributed by atoms with van der Waals surface area (Å²) in [5.74, 6) is 0.424.